The summed E-state index contributed by atoms with van der Waals surface area (Å²) >= 11 is 6.51. The van der Waals surface area contributed by atoms with Gasteiger partial charge < -0.3 is 15.4 Å². The third kappa shape index (κ3) is 5.65. The van der Waals surface area contributed by atoms with E-state index in [1.165, 1.54) is 23.5 Å². The van der Waals surface area contributed by atoms with Gasteiger partial charge in [-0.05, 0) is 37.5 Å². The van der Waals surface area contributed by atoms with E-state index in [-0.39, 0.29) is 34.8 Å². The van der Waals surface area contributed by atoms with Crippen LogP contribution >= 0.6 is 23.6 Å². The molecule has 31 heavy (non-hydrogen) atoms. The topological polar surface area (TPSA) is 111 Å². The number of anilines is 1. The minimum atomic E-state index is -0.575. The van der Waals surface area contributed by atoms with Crippen molar-refractivity contribution in [1.82, 2.24) is 5.32 Å². The molecule has 164 valence electrons. The predicted octanol–water partition coefficient (Wildman–Crippen LogP) is 4.89. The third-order valence-electron chi connectivity index (χ3n) is 5.08. The monoisotopic (exact) mass is 461 g/mol. The van der Waals surface area contributed by atoms with Gasteiger partial charge in [-0.25, -0.2) is 4.79 Å². The summed E-state index contributed by atoms with van der Waals surface area (Å²) in [7, 11) is 0. The van der Waals surface area contributed by atoms with Crippen LogP contribution in [-0.4, -0.2) is 28.5 Å². The molecule has 10 heteroatoms. The lowest BCUT2D eigenvalue weighted by Gasteiger charge is -2.21. The summed E-state index contributed by atoms with van der Waals surface area (Å²) in [6, 6.07) is 6.03. The SMILES string of the molecule is CCOC(=O)c1c(-c2cccc([N+](=O)[O-])c2)csc1NC(=S)NC(=O)C1CCCCC1. The number of nitro benzene ring substituents is 1. The quantitative estimate of drug-likeness (QED) is 0.273. The Labute approximate surface area is 189 Å². The van der Waals surface area contributed by atoms with Crippen LogP contribution in [0.5, 0.6) is 0 Å². The van der Waals surface area contributed by atoms with Gasteiger partial charge in [0.15, 0.2) is 5.11 Å². The summed E-state index contributed by atoms with van der Waals surface area (Å²) in [6.45, 7) is 1.87. The molecule has 0 aliphatic heterocycles. The van der Waals surface area contributed by atoms with Crippen molar-refractivity contribution >= 4 is 51.2 Å². The number of nitro groups is 1. The van der Waals surface area contributed by atoms with Gasteiger partial charge in [0.2, 0.25) is 5.91 Å². The fraction of sp³-hybridized carbons (Fsp3) is 0.381. The molecular formula is C21H23N3O5S2. The smallest absolute Gasteiger partial charge is 0.341 e. The molecule has 0 saturated heterocycles. The number of ether oxygens (including phenoxy) is 1. The van der Waals surface area contributed by atoms with Crippen LogP contribution in [0.25, 0.3) is 11.1 Å². The Kier molecular flexibility index (Phi) is 7.69. The van der Waals surface area contributed by atoms with Crippen LogP contribution in [0.15, 0.2) is 29.6 Å². The molecule has 2 N–H and O–H groups in total. The first-order valence-corrected chi connectivity index (χ1v) is 11.3. The molecule has 0 bridgehead atoms. The van der Waals surface area contributed by atoms with Gasteiger partial charge in [0, 0.05) is 29.0 Å². The number of hydrogen-bond acceptors (Lipinski definition) is 7. The molecule has 0 atom stereocenters. The van der Waals surface area contributed by atoms with Gasteiger partial charge in [-0.2, -0.15) is 0 Å². The molecule has 1 aliphatic rings. The molecule has 0 radical (unpaired) electrons. The van der Waals surface area contributed by atoms with E-state index in [0.717, 1.165) is 32.1 Å². The summed E-state index contributed by atoms with van der Waals surface area (Å²) in [6.07, 6.45) is 4.90. The first kappa shape index (κ1) is 22.8. The Morgan fingerprint density at radius 1 is 1.29 bits per heavy atom. The largest absolute Gasteiger partial charge is 0.462 e. The fourth-order valence-corrected chi connectivity index (χ4v) is 4.80. The number of benzene rings is 1. The van der Waals surface area contributed by atoms with Crippen molar-refractivity contribution in [3.63, 3.8) is 0 Å². The van der Waals surface area contributed by atoms with Crippen LogP contribution in [0.2, 0.25) is 0 Å². The van der Waals surface area contributed by atoms with Gasteiger partial charge in [-0.15, -0.1) is 11.3 Å². The van der Waals surface area contributed by atoms with Crippen molar-refractivity contribution in [2.75, 3.05) is 11.9 Å². The molecule has 0 unspecified atom stereocenters. The number of non-ortho nitro benzene ring substituents is 1. The molecule has 0 spiro atoms. The lowest BCUT2D eigenvalue weighted by molar-refractivity contribution is -0.384. The molecule has 1 saturated carbocycles. The average molecular weight is 462 g/mol. The highest BCUT2D eigenvalue weighted by atomic mass is 32.1. The molecule has 8 nitrogen and oxygen atoms in total. The summed E-state index contributed by atoms with van der Waals surface area (Å²) in [5.74, 6) is -0.749. The lowest BCUT2D eigenvalue weighted by atomic mass is 9.89. The van der Waals surface area contributed by atoms with Crippen molar-refractivity contribution in [1.29, 1.82) is 0 Å². The first-order valence-electron chi connectivity index (χ1n) is 10.1. The van der Waals surface area contributed by atoms with E-state index in [1.54, 1.807) is 24.4 Å². The predicted molar refractivity (Wildman–Crippen MR) is 123 cm³/mol. The van der Waals surface area contributed by atoms with Gasteiger partial charge in [-0.1, -0.05) is 31.4 Å². The maximum atomic E-state index is 12.7. The summed E-state index contributed by atoms with van der Waals surface area (Å²) < 4.78 is 5.19. The maximum Gasteiger partial charge on any atom is 0.341 e. The third-order valence-corrected chi connectivity index (χ3v) is 6.18. The van der Waals surface area contributed by atoms with Gasteiger partial charge in [0.25, 0.3) is 5.69 Å². The molecule has 1 heterocycles. The van der Waals surface area contributed by atoms with Crippen LogP contribution in [0, 0.1) is 16.0 Å². The van der Waals surface area contributed by atoms with Crippen molar-refractivity contribution in [2.24, 2.45) is 5.92 Å². The van der Waals surface area contributed by atoms with Crippen molar-refractivity contribution < 1.29 is 19.2 Å². The Balaban J connectivity index is 1.84. The minimum Gasteiger partial charge on any atom is -0.462 e. The molecule has 1 aromatic heterocycles. The second-order valence-corrected chi connectivity index (χ2v) is 8.45. The van der Waals surface area contributed by atoms with Gasteiger partial charge in [0.05, 0.1) is 11.5 Å². The molecular weight excluding hydrogens is 438 g/mol. The van der Waals surface area contributed by atoms with Crippen molar-refractivity contribution in [3.8, 4) is 11.1 Å². The van der Waals surface area contributed by atoms with E-state index >= 15 is 0 Å². The highest BCUT2D eigenvalue weighted by Crippen LogP contribution is 2.37. The lowest BCUT2D eigenvalue weighted by Crippen LogP contribution is -2.39. The average Bonchev–Trinajstić information content (AvgIpc) is 3.18. The number of carbonyl (C=O) groups is 2. The van der Waals surface area contributed by atoms with Crippen LogP contribution in [-0.2, 0) is 9.53 Å². The van der Waals surface area contributed by atoms with Crippen LogP contribution in [0.3, 0.4) is 0 Å². The normalized spacial score (nSPS) is 14.0. The van der Waals surface area contributed by atoms with E-state index in [2.05, 4.69) is 10.6 Å². The number of nitrogens with one attached hydrogen (secondary N) is 2. The molecule has 1 aliphatic carbocycles. The van der Waals surface area contributed by atoms with Crippen molar-refractivity contribution in [2.45, 2.75) is 39.0 Å². The number of carbonyl (C=O) groups excluding carboxylic acids is 2. The van der Waals surface area contributed by atoms with Crippen LogP contribution in [0.1, 0.15) is 49.4 Å². The standard InChI is InChI=1S/C21H23N3O5S2/c1-2-29-20(26)17-16(14-9-6-10-15(11-14)24(27)28)12-31-19(17)23-21(30)22-18(25)13-7-4-3-5-8-13/h6,9-13H,2-5,7-8H2,1H3,(H2,22,23,25,30). The van der Waals surface area contributed by atoms with E-state index < -0.39 is 10.9 Å². The van der Waals surface area contributed by atoms with E-state index in [9.17, 15) is 19.7 Å². The highest BCUT2D eigenvalue weighted by molar-refractivity contribution is 7.80. The molecule has 1 fully saturated rings. The minimum absolute atomic E-state index is 0.0539. The van der Waals surface area contributed by atoms with Gasteiger partial charge in [0.1, 0.15) is 10.6 Å². The second kappa shape index (κ2) is 10.5. The molecule has 1 amide bonds. The van der Waals surface area contributed by atoms with Crippen LogP contribution in [0.4, 0.5) is 10.7 Å². The summed E-state index contributed by atoms with van der Waals surface area (Å²) in [5.41, 5.74) is 1.15. The molecule has 1 aromatic carbocycles. The number of rotatable bonds is 6. The Morgan fingerprint density at radius 2 is 2.03 bits per heavy atom. The number of nitrogens with zero attached hydrogens (tertiary/aromatic N) is 1. The molecule has 3 rings (SSSR count). The molecule has 2 aromatic rings. The Hall–Kier alpha value is -2.85. The Bertz CT molecular complexity index is 999. The van der Waals surface area contributed by atoms with Gasteiger partial charge >= 0.3 is 5.97 Å². The first-order chi connectivity index (χ1) is 14.9. The van der Waals surface area contributed by atoms with E-state index in [0.29, 0.717) is 16.1 Å². The zero-order valence-electron chi connectivity index (χ0n) is 17.0. The van der Waals surface area contributed by atoms with E-state index in [1.807, 2.05) is 0 Å². The van der Waals surface area contributed by atoms with Gasteiger partial charge in [-0.3, -0.25) is 14.9 Å². The number of thiophene rings is 1. The number of hydrogen-bond donors (Lipinski definition) is 2. The van der Waals surface area contributed by atoms with E-state index in [4.69, 9.17) is 17.0 Å². The second-order valence-electron chi connectivity index (χ2n) is 7.16. The van der Waals surface area contributed by atoms with Crippen LogP contribution < -0.4 is 10.6 Å². The Morgan fingerprint density at radius 3 is 2.71 bits per heavy atom. The zero-order valence-corrected chi connectivity index (χ0v) is 18.6. The number of thiocarbonyl (C=S) groups is 1. The summed E-state index contributed by atoms with van der Waals surface area (Å²) in [5, 5.41) is 19.0. The zero-order chi connectivity index (χ0) is 22.4. The van der Waals surface area contributed by atoms with Crippen molar-refractivity contribution in [3.05, 3.63) is 45.3 Å². The fourth-order valence-electron chi connectivity index (χ4n) is 3.57. The summed E-state index contributed by atoms with van der Waals surface area (Å²) in [4.78, 5) is 35.8. The maximum absolute atomic E-state index is 12.7. The highest BCUT2D eigenvalue weighted by Gasteiger charge is 2.25. The number of esters is 1. The number of amides is 1.